The highest BCUT2D eigenvalue weighted by Gasteiger charge is 2.29. The van der Waals surface area contributed by atoms with Gasteiger partial charge in [0.25, 0.3) is 5.91 Å². The first kappa shape index (κ1) is 11.8. The zero-order valence-corrected chi connectivity index (χ0v) is 10.2. The maximum atomic E-state index is 13.1. The molecule has 1 fully saturated rings. The molecule has 6 nitrogen and oxygen atoms in total. The largest absolute Gasteiger partial charge is 0.408 e. The molecule has 0 atom stereocenters. The summed E-state index contributed by atoms with van der Waals surface area (Å²) in [5.41, 5.74) is 0.453. The summed E-state index contributed by atoms with van der Waals surface area (Å²) in [6.07, 6.45) is 3.08. The van der Waals surface area contributed by atoms with Crippen LogP contribution in [-0.2, 0) is 0 Å². The third-order valence-corrected chi connectivity index (χ3v) is 2.87. The number of hydrogen-bond donors (Lipinski definition) is 1. The van der Waals surface area contributed by atoms with Gasteiger partial charge in [0.2, 0.25) is 5.89 Å². The predicted octanol–water partition coefficient (Wildman–Crippen LogP) is 2.04. The number of rotatable bonds is 3. The van der Waals surface area contributed by atoms with Crippen LogP contribution in [0.1, 0.15) is 40.7 Å². The Morgan fingerprint density at radius 3 is 2.95 bits per heavy atom. The van der Waals surface area contributed by atoms with Crippen LogP contribution < -0.4 is 5.32 Å². The van der Waals surface area contributed by atoms with Gasteiger partial charge >= 0.3 is 6.01 Å². The van der Waals surface area contributed by atoms with Crippen LogP contribution in [0.3, 0.4) is 0 Å². The number of nitrogens with one attached hydrogen (secondary N) is 1. The predicted molar refractivity (Wildman–Crippen MR) is 63.2 cm³/mol. The van der Waals surface area contributed by atoms with E-state index in [0.29, 0.717) is 17.4 Å². The van der Waals surface area contributed by atoms with E-state index in [1.165, 1.54) is 6.07 Å². The molecule has 1 N–H and O–H groups in total. The summed E-state index contributed by atoms with van der Waals surface area (Å²) < 4.78 is 18.4. The molecule has 0 spiro atoms. The molecule has 3 rings (SSSR count). The topological polar surface area (TPSA) is 80.9 Å². The molecule has 1 aliphatic carbocycles. The fourth-order valence-corrected chi connectivity index (χ4v) is 1.61. The zero-order chi connectivity index (χ0) is 13.4. The van der Waals surface area contributed by atoms with Crippen molar-refractivity contribution < 1.29 is 13.6 Å². The summed E-state index contributed by atoms with van der Waals surface area (Å²) in [6.45, 7) is 1.56. The van der Waals surface area contributed by atoms with Crippen molar-refractivity contribution in [2.24, 2.45) is 0 Å². The van der Waals surface area contributed by atoms with Gasteiger partial charge in [0, 0.05) is 5.92 Å². The van der Waals surface area contributed by atoms with Crippen LogP contribution in [0.25, 0.3) is 0 Å². The van der Waals surface area contributed by atoms with Gasteiger partial charge in [-0.05, 0) is 31.4 Å². The van der Waals surface area contributed by atoms with Crippen LogP contribution in [0, 0.1) is 12.7 Å². The second kappa shape index (κ2) is 4.42. The van der Waals surface area contributed by atoms with Gasteiger partial charge in [0.1, 0.15) is 11.5 Å². The number of amides is 1. The van der Waals surface area contributed by atoms with Crippen LogP contribution in [-0.4, -0.2) is 21.1 Å². The van der Waals surface area contributed by atoms with E-state index in [1.54, 1.807) is 6.92 Å². The van der Waals surface area contributed by atoms with E-state index in [0.717, 1.165) is 19.0 Å². The first-order valence-corrected chi connectivity index (χ1v) is 5.90. The molecule has 19 heavy (non-hydrogen) atoms. The van der Waals surface area contributed by atoms with E-state index in [1.807, 2.05) is 0 Å². The Bertz CT molecular complexity index is 636. The fraction of sp³-hybridized carbons (Fsp3) is 0.333. The van der Waals surface area contributed by atoms with E-state index < -0.39 is 11.7 Å². The zero-order valence-electron chi connectivity index (χ0n) is 10.2. The Balaban J connectivity index is 1.74. The molecule has 0 saturated heterocycles. The van der Waals surface area contributed by atoms with Gasteiger partial charge in [-0.2, -0.15) is 0 Å². The average Bonchev–Trinajstić information content (AvgIpc) is 3.14. The number of aromatic nitrogens is 3. The summed E-state index contributed by atoms with van der Waals surface area (Å²) in [5.74, 6) is -0.0951. The number of nitrogens with zero attached hydrogens (tertiary/aromatic N) is 3. The second-order valence-electron chi connectivity index (χ2n) is 4.49. The number of carbonyl (C=O) groups excluding carboxylic acids is 1. The minimum absolute atomic E-state index is 0.0377. The van der Waals surface area contributed by atoms with Crippen molar-refractivity contribution in [3.63, 3.8) is 0 Å². The lowest BCUT2D eigenvalue weighted by Crippen LogP contribution is -2.14. The van der Waals surface area contributed by atoms with Crippen LogP contribution in [0.4, 0.5) is 10.4 Å². The maximum absolute atomic E-state index is 13.1. The molecule has 0 radical (unpaired) electrons. The Morgan fingerprint density at radius 1 is 1.47 bits per heavy atom. The first-order chi connectivity index (χ1) is 9.13. The lowest BCUT2D eigenvalue weighted by molar-refractivity contribution is 0.101. The van der Waals surface area contributed by atoms with Crippen molar-refractivity contribution in [3.8, 4) is 0 Å². The molecule has 0 unspecified atom stereocenters. The van der Waals surface area contributed by atoms with E-state index in [-0.39, 0.29) is 11.7 Å². The third kappa shape index (κ3) is 2.44. The molecule has 7 heteroatoms. The summed E-state index contributed by atoms with van der Waals surface area (Å²) >= 11 is 0. The molecule has 1 aliphatic rings. The number of aryl methyl sites for hydroxylation is 1. The van der Waals surface area contributed by atoms with Crippen molar-refractivity contribution >= 4 is 11.9 Å². The lowest BCUT2D eigenvalue weighted by Gasteiger charge is -2.01. The van der Waals surface area contributed by atoms with Crippen molar-refractivity contribution in [2.75, 3.05) is 5.32 Å². The van der Waals surface area contributed by atoms with Crippen molar-refractivity contribution in [1.29, 1.82) is 0 Å². The van der Waals surface area contributed by atoms with Gasteiger partial charge in [-0.25, -0.2) is 9.37 Å². The highest BCUT2D eigenvalue weighted by atomic mass is 19.1. The first-order valence-electron chi connectivity index (χ1n) is 5.90. The molecular formula is C12H11FN4O2. The molecule has 0 aromatic carbocycles. The van der Waals surface area contributed by atoms with Crippen molar-refractivity contribution in [3.05, 3.63) is 35.2 Å². The molecule has 0 aliphatic heterocycles. The van der Waals surface area contributed by atoms with Crippen LogP contribution in [0.15, 0.2) is 16.7 Å². The minimum atomic E-state index is -0.505. The van der Waals surface area contributed by atoms with Crippen LogP contribution in [0.2, 0.25) is 0 Å². The molecule has 2 heterocycles. The highest BCUT2D eigenvalue weighted by molar-refractivity contribution is 6.01. The monoisotopic (exact) mass is 262 g/mol. The molecular weight excluding hydrogens is 251 g/mol. The van der Waals surface area contributed by atoms with Gasteiger partial charge in [-0.1, -0.05) is 5.10 Å². The third-order valence-electron chi connectivity index (χ3n) is 2.87. The SMILES string of the molecule is Cc1cc(C(=O)Nc2nnc(C3CC3)o2)ncc1F. The Morgan fingerprint density at radius 2 is 2.26 bits per heavy atom. The van der Waals surface area contributed by atoms with Crippen molar-refractivity contribution in [1.82, 2.24) is 15.2 Å². The standard InChI is InChI=1S/C12H11FN4O2/c1-6-4-9(14-5-8(6)13)10(18)15-12-17-16-11(19-12)7-2-3-7/h4-5,7H,2-3H2,1H3,(H,15,17,18). The fourth-order valence-electron chi connectivity index (χ4n) is 1.61. The number of anilines is 1. The number of pyridine rings is 1. The number of hydrogen-bond acceptors (Lipinski definition) is 5. The smallest absolute Gasteiger partial charge is 0.322 e. The number of carbonyl (C=O) groups is 1. The lowest BCUT2D eigenvalue weighted by atomic mass is 10.2. The average molecular weight is 262 g/mol. The molecule has 2 aromatic heterocycles. The van der Waals surface area contributed by atoms with Gasteiger partial charge in [0.15, 0.2) is 0 Å². The summed E-state index contributed by atoms with van der Waals surface area (Å²) in [4.78, 5) is 15.6. The van der Waals surface area contributed by atoms with Gasteiger partial charge in [0.05, 0.1) is 6.20 Å². The Kier molecular flexibility index (Phi) is 2.73. The van der Waals surface area contributed by atoms with E-state index in [9.17, 15) is 9.18 Å². The number of halogens is 1. The van der Waals surface area contributed by atoms with E-state index in [4.69, 9.17) is 4.42 Å². The Labute approximate surface area is 108 Å². The maximum Gasteiger partial charge on any atom is 0.322 e. The van der Waals surface area contributed by atoms with Gasteiger partial charge < -0.3 is 4.42 Å². The molecule has 0 bridgehead atoms. The summed E-state index contributed by atoms with van der Waals surface area (Å²) in [5, 5.41) is 10.0. The van der Waals surface area contributed by atoms with E-state index in [2.05, 4.69) is 20.5 Å². The molecule has 98 valence electrons. The Hall–Kier alpha value is -2.31. The van der Waals surface area contributed by atoms with Crippen LogP contribution >= 0.6 is 0 Å². The van der Waals surface area contributed by atoms with Gasteiger partial charge in [-0.3, -0.25) is 10.1 Å². The second-order valence-corrected chi connectivity index (χ2v) is 4.49. The van der Waals surface area contributed by atoms with E-state index >= 15 is 0 Å². The minimum Gasteiger partial charge on any atom is -0.408 e. The van der Waals surface area contributed by atoms with Crippen molar-refractivity contribution in [2.45, 2.75) is 25.7 Å². The molecule has 2 aromatic rings. The van der Waals surface area contributed by atoms with Crippen LogP contribution in [0.5, 0.6) is 0 Å². The highest BCUT2D eigenvalue weighted by Crippen LogP contribution is 2.39. The quantitative estimate of drug-likeness (QED) is 0.915. The van der Waals surface area contributed by atoms with Gasteiger partial charge in [-0.15, -0.1) is 5.10 Å². The normalized spacial score (nSPS) is 14.4. The summed E-state index contributed by atoms with van der Waals surface area (Å²) in [6, 6.07) is 1.40. The molecule has 1 saturated carbocycles. The molecule has 1 amide bonds. The summed E-state index contributed by atoms with van der Waals surface area (Å²) in [7, 11) is 0.